The van der Waals surface area contributed by atoms with E-state index < -0.39 is 0 Å². The summed E-state index contributed by atoms with van der Waals surface area (Å²) in [6.45, 7) is 9.70. The number of benzene rings is 1. The van der Waals surface area contributed by atoms with Crippen LogP contribution in [0.15, 0.2) is 24.4 Å². The minimum atomic E-state index is 0.602. The van der Waals surface area contributed by atoms with Gasteiger partial charge in [0.15, 0.2) is 11.5 Å². The zero-order valence-electron chi connectivity index (χ0n) is 19.4. The van der Waals surface area contributed by atoms with Crippen molar-refractivity contribution in [2.75, 3.05) is 40.9 Å². The first-order valence-corrected chi connectivity index (χ1v) is 11.2. The first-order chi connectivity index (χ1) is 14.5. The molecule has 0 saturated carbocycles. The lowest BCUT2D eigenvalue weighted by molar-refractivity contribution is 0.112. The van der Waals surface area contributed by atoms with Crippen LogP contribution < -0.4 is 9.47 Å². The van der Waals surface area contributed by atoms with Crippen LogP contribution in [-0.2, 0) is 19.5 Å². The van der Waals surface area contributed by atoms with Crippen LogP contribution in [0.5, 0.6) is 11.5 Å². The maximum atomic E-state index is 5.45. The number of aromatic nitrogens is 2. The number of piperidine rings is 1. The Morgan fingerprint density at radius 1 is 1.20 bits per heavy atom. The molecule has 166 valence electrons. The third kappa shape index (κ3) is 5.76. The highest BCUT2D eigenvalue weighted by atomic mass is 16.5. The molecule has 0 bridgehead atoms. The van der Waals surface area contributed by atoms with Crippen molar-refractivity contribution in [1.82, 2.24) is 19.6 Å². The van der Waals surface area contributed by atoms with Gasteiger partial charge in [0.2, 0.25) is 0 Å². The Kier molecular flexibility index (Phi) is 8.16. The molecule has 1 fully saturated rings. The molecule has 0 radical (unpaired) electrons. The normalized spacial score (nSPS) is 17.5. The maximum absolute atomic E-state index is 5.45. The summed E-state index contributed by atoms with van der Waals surface area (Å²) >= 11 is 0. The molecule has 2 heterocycles. The quantitative estimate of drug-likeness (QED) is 0.592. The smallest absolute Gasteiger partial charge is 0.160 e. The number of likely N-dealkylation sites (N-methyl/N-ethyl adjacent to an activating group) is 1. The van der Waals surface area contributed by atoms with Crippen LogP contribution in [0.1, 0.15) is 43.0 Å². The second-order valence-corrected chi connectivity index (χ2v) is 8.45. The minimum Gasteiger partial charge on any atom is -0.493 e. The van der Waals surface area contributed by atoms with Crippen molar-refractivity contribution < 1.29 is 9.47 Å². The summed E-state index contributed by atoms with van der Waals surface area (Å²) in [6, 6.07) is 6.83. The van der Waals surface area contributed by atoms with Crippen molar-refractivity contribution >= 4 is 0 Å². The van der Waals surface area contributed by atoms with E-state index in [1.807, 2.05) is 6.07 Å². The number of methoxy groups -OCH3 is 2. The fraction of sp³-hybridized carbons (Fsp3) is 0.625. The molecule has 0 amide bonds. The molecule has 1 aromatic carbocycles. The molecule has 6 heteroatoms. The van der Waals surface area contributed by atoms with Gasteiger partial charge in [0.05, 0.1) is 19.9 Å². The van der Waals surface area contributed by atoms with Crippen LogP contribution in [0, 0.1) is 6.92 Å². The predicted molar refractivity (Wildman–Crippen MR) is 121 cm³/mol. The third-order valence-electron chi connectivity index (χ3n) is 6.20. The summed E-state index contributed by atoms with van der Waals surface area (Å²) < 4.78 is 12.9. The Balaban J connectivity index is 1.53. The van der Waals surface area contributed by atoms with Crippen molar-refractivity contribution in [3.63, 3.8) is 0 Å². The molecule has 1 aromatic heterocycles. The van der Waals surface area contributed by atoms with Gasteiger partial charge >= 0.3 is 0 Å². The number of nitrogens with zero attached hydrogens (tertiary/aromatic N) is 4. The van der Waals surface area contributed by atoms with Crippen molar-refractivity contribution in [1.29, 1.82) is 0 Å². The highest BCUT2D eigenvalue weighted by molar-refractivity contribution is 5.42. The lowest BCUT2D eigenvalue weighted by atomic mass is 10.0. The molecule has 30 heavy (non-hydrogen) atoms. The molecule has 3 rings (SSSR count). The molecule has 2 aromatic rings. The predicted octanol–water partition coefficient (Wildman–Crippen LogP) is 3.76. The van der Waals surface area contributed by atoms with Gasteiger partial charge in [-0.15, -0.1) is 0 Å². The van der Waals surface area contributed by atoms with Gasteiger partial charge in [-0.1, -0.05) is 13.0 Å². The van der Waals surface area contributed by atoms with Gasteiger partial charge in [-0.25, -0.2) is 0 Å². The molecule has 1 aliphatic heterocycles. The summed E-state index contributed by atoms with van der Waals surface area (Å²) in [5.41, 5.74) is 3.83. The Morgan fingerprint density at radius 3 is 2.73 bits per heavy atom. The van der Waals surface area contributed by atoms with E-state index in [0.29, 0.717) is 6.04 Å². The van der Waals surface area contributed by atoms with E-state index in [1.54, 1.807) is 14.2 Å². The third-order valence-corrected chi connectivity index (χ3v) is 6.20. The summed E-state index contributed by atoms with van der Waals surface area (Å²) in [6.07, 6.45) is 6.90. The van der Waals surface area contributed by atoms with E-state index in [4.69, 9.17) is 9.47 Å². The van der Waals surface area contributed by atoms with Crippen molar-refractivity contribution in [2.24, 2.45) is 0 Å². The lowest BCUT2D eigenvalue weighted by Crippen LogP contribution is -2.46. The molecular weight excluding hydrogens is 376 g/mol. The molecule has 6 nitrogen and oxygen atoms in total. The molecule has 0 aliphatic carbocycles. The van der Waals surface area contributed by atoms with Crippen LogP contribution in [0.3, 0.4) is 0 Å². The maximum Gasteiger partial charge on any atom is 0.160 e. The van der Waals surface area contributed by atoms with Gasteiger partial charge < -0.3 is 14.4 Å². The second-order valence-electron chi connectivity index (χ2n) is 8.45. The first kappa shape index (κ1) is 22.6. The summed E-state index contributed by atoms with van der Waals surface area (Å²) in [5.74, 6) is 1.59. The number of aryl methyl sites for hydroxylation is 2. The Bertz CT molecular complexity index is 804. The zero-order valence-corrected chi connectivity index (χ0v) is 19.4. The van der Waals surface area contributed by atoms with E-state index in [1.165, 1.54) is 36.2 Å². The summed E-state index contributed by atoms with van der Waals surface area (Å²) in [7, 11) is 5.63. The average Bonchev–Trinajstić information content (AvgIpc) is 3.10. The minimum absolute atomic E-state index is 0.602. The molecule has 0 N–H and O–H groups in total. The Hall–Kier alpha value is -2.05. The SMILES string of the molecule is CCCn1cc(CN2CCCC(N(C)CCc3ccc(OC)c(OC)c3)C2)c(C)n1. The Labute approximate surface area is 181 Å². The topological polar surface area (TPSA) is 42.8 Å². The highest BCUT2D eigenvalue weighted by Gasteiger charge is 2.24. The zero-order chi connectivity index (χ0) is 21.5. The number of hydrogen-bond donors (Lipinski definition) is 0. The fourth-order valence-electron chi connectivity index (χ4n) is 4.36. The number of ether oxygens (including phenoxy) is 2. The second kappa shape index (κ2) is 10.8. The molecule has 1 aliphatic rings. The number of likely N-dealkylation sites (tertiary alicyclic amines) is 1. The van der Waals surface area contributed by atoms with Crippen molar-refractivity contribution in [3.05, 3.63) is 41.2 Å². The van der Waals surface area contributed by atoms with Gasteiger partial charge in [-0.3, -0.25) is 9.58 Å². The van der Waals surface area contributed by atoms with Gasteiger partial charge in [0, 0.05) is 44.0 Å². The van der Waals surface area contributed by atoms with Gasteiger partial charge in [0.1, 0.15) is 0 Å². The molecule has 1 atom stereocenters. The van der Waals surface area contributed by atoms with Crippen molar-refractivity contribution in [2.45, 2.75) is 58.7 Å². The van der Waals surface area contributed by atoms with Crippen molar-refractivity contribution in [3.8, 4) is 11.5 Å². The van der Waals surface area contributed by atoms with Gasteiger partial charge in [0.25, 0.3) is 0 Å². The highest BCUT2D eigenvalue weighted by Crippen LogP contribution is 2.28. The van der Waals surface area contributed by atoms with Crippen LogP contribution in [0.2, 0.25) is 0 Å². The molecule has 1 saturated heterocycles. The first-order valence-electron chi connectivity index (χ1n) is 11.2. The van der Waals surface area contributed by atoms with Crippen LogP contribution in [0.4, 0.5) is 0 Å². The lowest BCUT2D eigenvalue weighted by Gasteiger charge is -2.37. The van der Waals surface area contributed by atoms with E-state index in [9.17, 15) is 0 Å². The van der Waals surface area contributed by atoms with Crippen LogP contribution in [-0.4, -0.2) is 66.5 Å². The Morgan fingerprint density at radius 2 is 2.00 bits per heavy atom. The summed E-state index contributed by atoms with van der Waals surface area (Å²) in [5, 5.41) is 4.67. The number of rotatable bonds is 10. The monoisotopic (exact) mass is 414 g/mol. The molecule has 0 spiro atoms. The van der Waals surface area contributed by atoms with Crippen LogP contribution in [0.25, 0.3) is 0 Å². The average molecular weight is 415 g/mol. The molecule has 1 unspecified atom stereocenters. The van der Waals surface area contributed by atoms with E-state index in [0.717, 1.165) is 50.5 Å². The molecular formula is C24H38N4O2. The summed E-state index contributed by atoms with van der Waals surface area (Å²) in [4.78, 5) is 5.12. The van der Waals surface area contributed by atoms with E-state index in [2.05, 4.69) is 58.8 Å². The fourth-order valence-corrected chi connectivity index (χ4v) is 4.36. The largest absolute Gasteiger partial charge is 0.493 e. The van der Waals surface area contributed by atoms with Crippen LogP contribution >= 0.6 is 0 Å². The van der Waals surface area contributed by atoms with E-state index >= 15 is 0 Å². The van der Waals surface area contributed by atoms with E-state index in [-0.39, 0.29) is 0 Å². The number of hydrogen-bond acceptors (Lipinski definition) is 5. The van der Waals surface area contributed by atoms with Gasteiger partial charge in [-0.2, -0.15) is 5.10 Å². The van der Waals surface area contributed by atoms with Gasteiger partial charge in [-0.05, 0) is 63.9 Å². The standard InChI is InChI=1S/C24H38N4O2/c1-6-12-28-17-21(19(2)25-28)16-27-13-7-8-22(18-27)26(3)14-11-20-9-10-23(29-4)24(15-20)30-5/h9-10,15,17,22H,6-8,11-14,16,18H2,1-5H3.